The molecule has 0 aromatic heterocycles. The lowest BCUT2D eigenvalue weighted by Gasteiger charge is -2.28. The Balaban J connectivity index is 1.82. The van der Waals surface area contributed by atoms with E-state index in [9.17, 15) is 14.7 Å². The van der Waals surface area contributed by atoms with Crippen LogP contribution in [0.25, 0.3) is 0 Å². The summed E-state index contributed by atoms with van der Waals surface area (Å²) in [6.07, 6.45) is 3.55. The van der Waals surface area contributed by atoms with Gasteiger partial charge in [-0.2, -0.15) is 0 Å². The molecule has 5 nitrogen and oxygen atoms in total. The summed E-state index contributed by atoms with van der Waals surface area (Å²) in [5.74, 6) is -1.08. The number of rotatable bonds is 4. The van der Waals surface area contributed by atoms with Gasteiger partial charge in [-0.1, -0.05) is 28.8 Å². The Morgan fingerprint density at radius 1 is 1.19 bits per heavy atom. The fourth-order valence-corrected chi connectivity index (χ4v) is 2.97. The number of anilines is 1. The Morgan fingerprint density at radius 2 is 1.86 bits per heavy atom. The van der Waals surface area contributed by atoms with Crippen LogP contribution in [0.1, 0.15) is 25.7 Å². The number of carbonyl (C=O) groups is 2. The fourth-order valence-electron chi connectivity index (χ4n) is 2.71. The predicted molar refractivity (Wildman–Crippen MR) is 84.2 cm³/mol. The van der Waals surface area contributed by atoms with Crippen LogP contribution >= 0.6 is 15.9 Å². The average Bonchev–Trinajstić information content (AvgIpc) is 2.48. The summed E-state index contributed by atoms with van der Waals surface area (Å²) in [6, 6.07) is 6.98. The van der Waals surface area contributed by atoms with Crippen molar-refractivity contribution in [3.63, 3.8) is 0 Å². The second-order valence-corrected chi connectivity index (χ2v) is 6.25. The maximum atomic E-state index is 11.8. The molecule has 1 aromatic rings. The van der Waals surface area contributed by atoms with E-state index in [0.29, 0.717) is 18.7 Å². The number of halogens is 1. The molecule has 0 heterocycles. The summed E-state index contributed by atoms with van der Waals surface area (Å²) in [5.41, 5.74) is 0.703. The zero-order chi connectivity index (χ0) is 15.2. The molecule has 3 N–H and O–H groups in total. The van der Waals surface area contributed by atoms with E-state index >= 15 is 0 Å². The highest BCUT2D eigenvalue weighted by Crippen LogP contribution is 2.29. The molecule has 0 saturated heterocycles. The first kappa shape index (κ1) is 15.8. The van der Waals surface area contributed by atoms with Gasteiger partial charge in [0, 0.05) is 16.7 Å². The molecule has 1 saturated carbocycles. The minimum Gasteiger partial charge on any atom is -0.481 e. The Hall–Kier alpha value is -1.56. The van der Waals surface area contributed by atoms with Crippen LogP contribution in [-0.4, -0.2) is 23.7 Å². The maximum absolute atomic E-state index is 11.8. The lowest BCUT2D eigenvalue weighted by molar-refractivity contribution is -0.144. The molecule has 0 spiro atoms. The van der Waals surface area contributed by atoms with Gasteiger partial charge in [0.1, 0.15) is 0 Å². The van der Waals surface area contributed by atoms with E-state index in [0.717, 1.165) is 23.7 Å². The van der Waals surface area contributed by atoms with Gasteiger partial charge in [0.2, 0.25) is 0 Å². The highest BCUT2D eigenvalue weighted by molar-refractivity contribution is 9.10. The molecule has 1 aliphatic carbocycles. The quantitative estimate of drug-likeness (QED) is 0.774. The number of urea groups is 1. The van der Waals surface area contributed by atoms with Crippen molar-refractivity contribution in [1.29, 1.82) is 0 Å². The molecule has 2 rings (SSSR count). The van der Waals surface area contributed by atoms with Gasteiger partial charge in [-0.05, 0) is 43.0 Å². The van der Waals surface area contributed by atoms with Crippen LogP contribution in [0.3, 0.4) is 0 Å². The standard InChI is InChI=1S/C15H19BrN2O3/c16-11-5-7-12(8-6-11)18-15(21)17-9-10-3-1-2-4-13(10)14(19)20/h5-8,10,13H,1-4,9H2,(H,19,20)(H2,17,18,21). The van der Waals surface area contributed by atoms with Crippen molar-refractivity contribution in [1.82, 2.24) is 5.32 Å². The van der Waals surface area contributed by atoms with Gasteiger partial charge >= 0.3 is 12.0 Å². The maximum Gasteiger partial charge on any atom is 0.319 e. The third-order valence-electron chi connectivity index (χ3n) is 3.85. The highest BCUT2D eigenvalue weighted by atomic mass is 79.9. The highest BCUT2D eigenvalue weighted by Gasteiger charge is 2.30. The molecule has 2 atom stereocenters. The molecular weight excluding hydrogens is 336 g/mol. The van der Waals surface area contributed by atoms with E-state index in [1.54, 1.807) is 12.1 Å². The van der Waals surface area contributed by atoms with Crippen molar-refractivity contribution in [2.45, 2.75) is 25.7 Å². The smallest absolute Gasteiger partial charge is 0.319 e. The van der Waals surface area contributed by atoms with Crippen molar-refractivity contribution in [3.8, 4) is 0 Å². The first-order chi connectivity index (χ1) is 10.1. The summed E-state index contributed by atoms with van der Waals surface area (Å²) in [5, 5.41) is 14.7. The third kappa shape index (κ3) is 4.74. The number of carboxylic acid groups (broad SMARTS) is 1. The minimum absolute atomic E-state index is 0.0203. The zero-order valence-electron chi connectivity index (χ0n) is 11.6. The average molecular weight is 355 g/mol. The number of carbonyl (C=O) groups excluding carboxylic acids is 1. The van der Waals surface area contributed by atoms with Crippen LogP contribution in [0.5, 0.6) is 0 Å². The molecule has 0 bridgehead atoms. The molecule has 1 fully saturated rings. The van der Waals surface area contributed by atoms with Crippen molar-refractivity contribution in [3.05, 3.63) is 28.7 Å². The number of nitrogens with one attached hydrogen (secondary N) is 2. The molecule has 0 radical (unpaired) electrons. The van der Waals surface area contributed by atoms with E-state index in [2.05, 4.69) is 26.6 Å². The van der Waals surface area contributed by atoms with Crippen molar-refractivity contribution >= 4 is 33.6 Å². The monoisotopic (exact) mass is 354 g/mol. The summed E-state index contributed by atoms with van der Waals surface area (Å²) in [6.45, 7) is 0.402. The topological polar surface area (TPSA) is 78.4 Å². The van der Waals surface area contributed by atoms with Gasteiger partial charge in [-0.25, -0.2) is 4.79 Å². The molecule has 6 heteroatoms. The third-order valence-corrected chi connectivity index (χ3v) is 4.38. The zero-order valence-corrected chi connectivity index (χ0v) is 13.2. The first-order valence-corrected chi connectivity index (χ1v) is 7.89. The SMILES string of the molecule is O=C(NCC1CCCCC1C(=O)O)Nc1ccc(Br)cc1. The van der Waals surface area contributed by atoms with Crippen molar-refractivity contribution < 1.29 is 14.7 Å². The molecule has 114 valence electrons. The van der Waals surface area contributed by atoms with Crippen molar-refractivity contribution in [2.24, 2.45) is 11.8 Å². The first-order valence-electron chi connectivity index (χ1n) is 7.09. The minimum atomic E-state index is -0.755. The van der Waals surface area contributed by atoms with Crippen LogP contribution in [0.2, 0.25) is 0 Å². The normalized spacial score (nSPS) is 21.6. The largest absolute Gasteiger partial charge is 0.481 e. The van der Waals surface area contributed by atoms with E-state index in [1.165, 1.54) is 0 Å². The number of amides is 2. The number of hydrogen-bond acceptors (Lipinski definition) is 2. The Morgan fingerprint density at radius 3 is 2.52 bits per heavy atom. The van der Waals surface area contributed by atoms with Crippen LogP contribution in [0.4, 0.5) is 10.5 Å². The van der Waals surface area contributed by atoms with Crippen LogP contribution < -0.4 is 10.6 Å². The van der Waals surface area contributed by atoms with Gasteiger partial charge in [0.05, 0.1) is 5.92 Å². The van der Waals surface area contributed by atoms with Gasteiger partial charge in [0.15, 0.2) is 0 Å². The Labute approximate surface area is 132 Å². The number of hydrogen-bond donors (Lipinski definition) is 3. The second-order valence-electron chi connectivity index (χ2n) is 5.33. The molecule has 0 aliphatic heterocycles. The van der Waals surface area contributed by atoms with Gasteiger partial charge < -0.3 is 15.7 Å². The number of aliphatic carboxylic acids is 1. The van der Waals surface area contributed by atoms with Gasteiger partial charge in [-0.15, -0.1) is 0 Å². The van der Waals surface area contributed by atoms with Crippen molar-refractivity contribution in [2.75, 3.05) is 11.9 Å². The van der Waals surface area contributed by atoms with E-state index in [4.69, 9.17) is 0 Å². The molecule has 2 amide bonds. The van der Waals surface area contributed by atoms with Gasteiger partial charge in [0.25, 0.3) is 0 Å². The van der Waals surface area contributed by atoms with Gasteiger partial charge in [-0.3, -0.25) is 4.79 Å². The molecule has 1 aromatic carbocycles. The lowest BCUT2D eigenvalue weighted by Crippen LogP contribution is -2.38. The fraction of sp³-hybridized carbons (Fsp3) is 0.467. The van der Waals surface area contributed by atoms with Crippen LogP contribution in [-0.2, 0) is 4.79 Å². The summed E-state index contributed by atoms with van der Waals surface area (Å²) >= 11 is 3.33. The molecule has 1 aliphatic rings. The van der Waals surface area contributed by atoms with Crippen LogP contribution in [0, 0.1) is 11.8 Å². The molecule has 2 unspecified atom stereocenters. The van der Waals surface area contributed by atoms with Crippen LogP contribution in [0.15, 0.2) is 28.7 Å². The molecular formula is C15H19BrN2O3. The van der Waals surface area contributed by atoms with E-state index < -0.39 is 5.97 Å². The summed E-state index contributed by atoms with van der Waals surface area (Å²) < 4.78 is 0.944. The van der Waals surface area contributed by atoms with E-state index in [1.807, 2.05) is 12.1 Å². The Kier molecular flexibility index (Phi) is 5.61. The predicted octanol–water partition coefficient (Wildman–Crippen LogP) is 3.46. The summed E-state index contributed by atoms with van der Waals surface area (Å²) in [4.78, 5) is 23.0. The van der Waals surface area contributed by atoms with E-state index in [-0.39, 0.29) is 17.9 Å². The Bertz CT molecular complexity index is 504. The summed E-state index contributed by atoms with van der Waals surface area (Å²) in [7, 11) is 0. The second kappa shape index (κ2) is 7.45. The lowest BCUT2D eigenvalue weighted by atomic mass is 9.79. The molecule has 21 heavy (non-hydrogen) atoms. The number of carboxylic acids is 1. The number of benzene rings is 1.